The lowest BCUT2D eigenvalue weighted by molar-refractivity contribution is 0.112. The molecule has 0 aliphatic heterocycles. The summed E-state index contributed by atoms with van der Waals surface area (Å²) in [7, 11) is 0. The largest absolute Gasteiger partial charge is 0.298 e. The van der Waals surface area contributed by atoms with E-state index in [1.165, 1.54) is 0 Å². The van der Waals surface area contributed by atoms with Crippen LogP contribution in [0, 0.1) is 0 Å². The zero-order chi connectivity index (χ0) is 9.97. The monoisotopic (exact) mass is 196 g/mol. The van der Waals surface area contributed by atoms with Gasteiger partial charge in [-0.05, 0) is 25.7 Å². The number of carbonyl (C=O) groups excluding carboxylic acids is 1. The third-order valence-electron chi connectivity index (χ3n) is 2.76. The topological polar surface area (TPSA) is 34.9 Å². The lowest BCUT2D eigenvalue weighted by Gasteiger charge is -2.24. The van der Waals surface area contributed by atoms with E-state index in [1.54, 1.807) is 17.1 Å². The van der Waals surface area contributed by atoms with Gasteiger partial charge in [0.1, 0.15) is 6.17 Å². The molecule has 1 aromatic rings. The fourth-order valence-electron chi connectivity index (χ4n) is 1.91. The summed E-state index contributed by atoms with van der Waals surface area (Å²) in [6.45, 7) is 0. The smallest absolute Gasteiger partial charge is 0.153 e. The average molecular weight is 196 g/mol. The third kappa shape index (κ3) is 1.84. The van der Waals surface area contributed by atoms with E-state index in [4.69, 9.17) is 0 Å². The van der Waals surface area contributed by atoms with Crippen LogP contribution in [0.3, 0.4) is 0 Å². The van der Waals surface area contributed by atoms with Crippen molar-refractivity contribution in [2.75, 3.05) is 0 Å². The summed E-state index contributed by atoms with van der Waals surface area (Å²) in [6.07, 6.45) is 6.28. The Morgan fingerprint density at radius 2 is 2.14 bits per heavy atom. The van der Waals surface area contributed by atoms with Gasteiger partial charge in [-0.15, -0.1) is 0 Å². The van der Waals surface area contributed by atoms with Crippen LogP contribution < -0.4 is 0 Å². The summed E-state index contributed by atoms with van der Waals surface area (Å²) in [6, 6.07) is 0.274. The van der Waals surface area contributed by atoms with Gasteiger partial charge >= 0.3 is 0 Å². The summed E-state index contributed by atoms with van der Waals surface area (Å²) in [4.78, 5) is 10.4. The summed E-state index contributed by atoms with van der Waals surface area (Å²) >= 11 is 0. The molecule has 0 bridgehead atoms. The number of carbonyl (C=O) groups is 1. The Labute approximate surface area is 81.9 Å². The standard InChI is InChI=1S/C10H13FN2O/c11-9-1-3-10(4-2-9)13-6-8(7-14)5-12-13/h5-7,9-10H,1-4H2. The molecule has 2 rings (SSSR count). The first-order valence-electron chi connectivity index (χ1n) is 4.93. The van der Waals surface area contributed by atoms with Crippen LogP contribution in [0.2, 0.25) is 0 Å². The van der Waals surface area contributed by atoms with Gasteiger partial charge in [-0.25, -0.2) is 4.39 Å². The fraction of sp³-hybridized carbons (Fsp3) is 0.600. The fourth-order valence-corrected chi connectivity index (χ4v) is 1.91. The lowest BCUT2D eigenvalue weighted by atomic mass is 9.94. The number of hydrogen-bond acceptors (Lipinski definition) is 2. The second-order valence-electron chi connectivity index (χ2n) is 3.78. The van der Waals surface area contributed by atoms with Crippen LogP contribution in [0.1, 0.15) is 42.1 Å². The van der Waals surface area contributed by atoms with Gasteiger partial charge in [0.2, 0.25) is 0 Å². The van der Waals surface area contributed by atoms with Gasteiger partial charge < -0.3 is 0 Å². The van der Waals surface area contributed by atoms with Crippen LogP contribution in [0.4, 0.5) is 4.39 Å². The summed E-state index contributed by atoms with van der Waals surface area (Å²) in [5, 5.41) is 4.10. The highest BCUT2D eigenvalue weighted by Crippen LogP contribution is 2.29. The zero-order valence-corrected chi connectivity index (χ0v) is 7.90. The molecule has 1 aromatic heterocycles. The molecule has 0 unspecified atom stereocenters. The second kappa shape index (κ2) is 3.90. The lowest BCUT2D eigenvalue weighted by Crippen LogP contribution is -2.18. The van der Waals surface area contributed by atoms with Gasteiger partial charge in [0, 0.05) is 6.20 Å². The van der Waals surface area contributed by atoms with Crippen molar-refractivity contribution in [2.45, 2.75) is 37.9 Å². The van der Waals surface area contributed by atoms with Crippen LogP contribution in [0.25, 0.3) is 0 Å². The molecule has 0 spiro atoms. The van der Waals surface area contributed by atoms with Crippen molar-refractivity contribution in [3.8, 4) is 0 Å². The number of hydrogen-bond donors (Lipinski definition) is 0. The van der Waals surface area contributed by atoms with Crippen LogP contribution in [-0.4, -0.2) is 22.2 Å². The molecule has 3 nitrogen and oxygen atoms in total. The molecule has 0 atom stereocenters. The van der Waals surface area contributed by atoms with Crippen LogP contribution >= 0.6 is 0 Å². The summed E-state index contributed by atoms with van der Waals surface area (Å²) < 4.78 is 14.6. The molecule has 1 saturated carbocycles. The highest BCUT2D eigenvalue weighted by atomic mass is 19.1. The number of nitrogens with zero attached hydrogens (tertiary/aromatic N) is 2. The van der Waals surface area contributed by atoms with Gasteiger partial charge in [0.15, 0.2) is 6.29 Å². The summed E-state index contributed by atoms with van der Waals surface area (Å²) in [5.41, 5.74) is 0.590. The molecule has 1 fully saturated rings. The van der Waals surface area contributed by atoms with E-state index < -0.39 is 6.17 Å². The second-order valence-corrected chi connectivity index (χ2v) is 3.78. The Hall–Kier alpha value is -1.19. The van der Waals surface area contributed by atoms with E-state index in [0.717, 1.165) is 19.1 Å². The molecule has 1 aliphatic carbocycles. The minimum atomic E-state index is -0.646. The van der Waals surface area contributed by atoms with Gasteiger partial charge in [0.05, 0.1) is 17.8 Å². The Balaban J connectivity index is 2.04. The number of halogens is 1. The molecule has 0 aromatic carbocycles. The van der Waals surface area contributed by atoms with Crippen molar-refractivity contribution in [1.82, 2.24) is 9.78 Å². The third-order valence-corrected chi connectivity index (χ3v) is 2.76. The maximum Gasteiger partial charge on any atom is 0.153 e. The van der Waals surface area contributed by atoms with E-state index >= 15 is 0 Å². The van der Waals surface area contributed by atoms with Crippen LogP contribution in [-0.2, 0) is 0 Å². The maximum absolute atomic E-state index is 12.9. The molecule has 0 amide bonds. The molecular weight excluding hydrogens is 183 g/mol. The van der Waals surface area contributed by atoms with Crippen molar-refractivity contribution in [3.63, 3.8) is 0 Å². The number of alkyl halides is 1. The quantitative estimate of drug-likeness (QED) is 0.679. The Morgan fingerprint density at radius 3 is 2.71 bits per heavy atom. The van der Waals surface area contributed by atoms with Crippen molar-refractivity contribution in [1.29, 1.82) is 0 Å². The van der Waals surface area contributed by atoms with Gasteiger partial charge in [-0.2, -0.15) is 5.10 Å². The molecule has 1 heterocycles. The Morgan fingerprint density at radius 1 is 1.43 bits per heavy atom. The molecule has 0 radical (unpaired) electrons. The van der Waals surface area contributed by atoms with Crippen molar-refractivity contribution >= 4 is 6.29 Å². The molecule has 4 heteroatoms. The number of aromatic nitrogens is 2. The van der Waals surface area contributed by atoms with Gasteiger partial charge in [0.25, 0.3) is 0 Å². The van der Waals surface area contributed by atoms with E-state index in [-0.39, 0.29) is 6.04 Å². The minimum Gasteiger partial charge on any atom is -0.298 e. The molecular formula is C10H13FN2O. The first kappa shape index (κ1) is 9.37. The highest BCUT2D eigenvalue weighted by molar-refractivity contribution is 5.73. The Bertz CT molecular complexity index is 316. The predicted molar refractivity (Wildman–Crippen MR) is 50.0 cm³/mol. The van der Waals surface area contributed by atoms with Crippen molar-refractivity contribution < 1.29 is 9.18 Å². The molecule has 0 saturated heterocycles. The predicted octanol–water partition coefficient (Wildman–Crippen LogP) is 2.15. The Kier molecular flexibility index (Phi) is 2.61. The van der Waals surface area contributed by atoms with Gasteiger partial charge in [-0.1, -0.05) is 0 Å². The first-order valence-corrected chi connectivity index (χ1v) is 4.93. The molecule has 76 valence electrons. The average Bonchev–Trinajstić information content (AvgIpc) is 2.67. The van der Waals surface area contributed by atoms with Crippen LogP contribution in [0.15, 0.2) is 12.4 Å². The molecule has 14 heavy (non-hydrogen) atoms. The zero-order valence-electron chi connectivity index (χ0n) is 7.90. The van der Waals surface area contributed by atoms with E-state index in [0.29, 0.717) is 18.4 Å². The summed E-state index contributed by atoms with van der Waals surface area (Å²) in [5.74, 6) is 0. The van der Waals surface area contributed by atoms with E-state index in [9.17, 15) is 9.18 Å². The highest BCUT2D eigenvalue weighted by Gasteiger charge is 2.22. The van der Waals surface area contributed by atoms with Crippen molar-refractivity contribution in [2.24, 2.45) is 0 Å². The number of aldehydes is 1. The minimum absolute atomic E-state index is 0.274. The van der Waals surface area contributed by atoms with E-state index in [2.05, 4.69) is 5.10 Å². The number of rotatable bonds is 2. The van der Waals surface area contributed by atoms with Gasteiger partial charge in [-0.3, -0.25) is 9.48 Å². The van der Waals surface area contributed by atoms with Crippen molar-refractivity contribution in [3.05, 3.63) is 18.0 Å². The maximum atomic E-state index is 12.9. The molecule has 1 aliphatic rings. The van der Waals surface area contributed by atoms with E-state index in [1.807, 2.05) is 0 Å². The normalized spacial score (nSPS) is 27.5. The first-order chi connectivity index (χ1) is 6.79. The molecule has 0 N–H and O–H groups in total. The van der Waals surface area contributed by atoms with Crippen LogP contribution in [0.5, 0.6) is 0 Å². The SMILES string of the molecule is O=Cc1cnn(C2CCC(F)CC2)c1.